The third kappa shape index (κ3) is 5.84. The SMILES string of the molecule is Cc1cccc(CC(=O)Nc2ccn(CCCCn3cc(C(=O)O)nn3)c(=O)n2)c1. The summed E-state index contributed by atoms with van der Waals surface area (Å²) in [7, 11) is 0. The van der Waals surface area contributed by atoms with Crippen LogP contribution in [0.3, 0.4) is 0 Å². The first kappa shape index (κ1) is 20.9. The molecule has 0 aliphatic heterocycles. The van der Waals surface area contributed by atoms with Crippen LogP contribution in [0.25, 0.3) is 0 Å². The quantitative estimate of drug-likeness (QED) is 0.511. The number of aryl methyl sites for hydroxylation is 3. The summed E-state index contributed by atoms with van der Waals surface area (Å²) in [5.41, 5.74) is 1.42. The van der Waals surface area contributed by atoms with Crippen LogP contribution in [-0.4, -0.2) is 41.5 Å². The van der Waals surface area contributed by atoms with Gasteiger partial charge in [-0.2, -0.15) is 4.98 Å². The first-order valence-electron chi connectivity index (χ1n) is 9.47. The Labute approximate surface area is 172 Å². The van der Waals surface area contributed by atoms with Crippen molar-refractivity contribution in [1.29, 1.82) is 0 Å². The number of carboxylic acids is 1. The number of unbranched alkanes of at least 4 members (excludes halogenated alkanes) is 1. The summed E-state index contributed by atoms with van der Waals surface area (Å²) < 4.78 is 2.91. The summed E-state index contributed by atoms with van der Waals surface area (Å²) in [5.74, 6) is -1.14. The summed E-state index contributed by atoms with van der Waals surface area (Å²) >= 11 is 0. The number of hydrogen-bond donors (Lipinski definition) is 2. The summed E-state index contributed by atoms with van der Waals surface area (Å²) in [6, 6.07) is 9.26. The maximum Gasteiger partial charge on any atom is 0.358 e. The van der Waals surface area contributed by atoms with E-state index < -0.39 is 11.7 Å². The maximum absolute atomic E-state index is 12.2. The molecule has 0 bridgehead atoms. The third-order valence-corrected chi connectivity index (χ3v) is 4.38. The molecule has 3 rings (SSSR count). The number of carbonyl (C=O) groups excluding carboxylic acids is 1. The monoisotopic (exact) mass is 410 g/mol. The summed E-state index contributed by atoms with van der Waals surface area (Å²) in [4.78, 5) is 39.0. The zero-order valence-corrected chi connectivity index (χ0v) is 16.5. The maximum atomic E-state index is 12.2. The molecule has 30 heavy (non-hydrogen) atoms. The molecule has 10 nitrogen and oxygen atoms in total. The predicted octanol–water partition coefficient (Wildman–Crippen LogP) is 1.50. The minimum Gasteiger partial charge on any atom is -0.476 e. The van der Waals surface area contributed by atoms with Gasteiger partial charge in [-0.1, -0.05) is 35.0 Å². The van der Waals surface area contributed by atoms with Gasteiger partial charge >= 0.3 is 11.7 Å². The van der Waals surface area contributed by atoms with E-state index in [-0.39, 0.29) is 23.8 Å². The Morgan fingerprint density at radius 3 is 2.67 bits per heavy atom. The summed E-state index contributed by atoms with van der Waals surface area (Å²) in [5, 5.41) is 18.8. The van der Waals surface area contributed by atoms with Gasteiger partial charge in [-0.25, -0.2) is 9.59 Å². The molecule has 2 aromatic heterocycles. The molecule has 10 heteroatoms. The van der Waals surface area contributed by atoms with Crippen molar-refractivity contribution >= 4 is 17.7 Å². The average Bonchev–Trinajstić information content (AvgIpc) is 3.16. The standard InChI is InChI=1S/C20H22N6O4/c1-14-5-4-6-15(11-14)12-18(27)21-17-7-10-25(20(30)22-17)8-2-3-9-26-13-16(19(28)29)23-24-26/h4-7,10-11,13H,2-3,8-9,12H2,1H3,(H,28,29)(H,21,22,27,30). The molecule has 1 amide bonds. The number of hydrogen-bond acceptors (Lipinski definition) is 6. The number of anilines is 1. The Morgan fingerprint density at radius 1 is 1.17 bits per heavy atom. The van der Waals surface area contributed by atoms with Gasteiger partial charge in [0, 0.05) is 19.3 Å². The Bertz CT molecular complexity index is 1100. The van der Waals surface area contributed by atoms with E-state index in [1.54, 1.807) is 12.3 Å². The van der Waals surface area contributed by atoms with E-state index in [0.717, 1.165) is 11.1 Å². The molecule has 156 valence electrons. The number of carbonyl (C=O) groups is 2. The van der Waals surface area contributed by atoms with Crippen molar-refractivity contribution in [2.45, 2.75) is 39.3 Å². The van der Waals surface area contributed by atoms with E-state index in [4.69, 9.17) is 5.11 Å². The number of aromatic carboxylic acids is 1. The van der Waals surface area contributed by atoms with E-state index in [9.17, 15) is 14.4 Å². The second kappa shape index (κ2) is 9.59. The minimum absolute atomic E-state index is 0.101. The average molecular weight is 410 g/mol. The summed E-state index contributed by atoms with van der Waals surface area (Å²) in [6.07, 6.45) is 4.52. The number of nitrogens with zero attached hydrogens (tertiary/aromatic N) is 5. The third-order valence-electron chi connectivity index (χ3n) is 4.38. The fourth-order valence-corrected chi connectivity index (χ4v) is 2.92. The van der Waals surface area contributed by atoms with Crippen LogP contribution >= 0.6 is 0 Å². The van der Waals surface area contributed by atoms with Gasteiger partial charge in [-0.15, -0.1) is 5.10 Å². The van der Waals surface area contributed by atoms with Crippen LogP contribution in [-0.2, 0) is 24.3 Å². The molecule has 3 aromatic rings. The van der Waals surface area contributed by atoms with Crippen LogP contribution in [0.15, 0.2) is 47.5 Å². The van der Waals surface area contributed by atoms with Gasteiger partial charge in [0.15, 0.2) is 5.69 Å². The van der Waals surface area contributed by atoms with Gasteiger partial charge in [0.2, 0.25) is 5.91 Å². The number of carboxylic acid groups (broad SMARTS) is 1. The van der Waals surface area contributed by atoms with Crippen molar-refractivity contribution in [3.05, 3.63) is 70.0 Å². The van der Waals surface area contributed by atoms with Crippen molar-refractivity contribution < 1.29 is 14.7 Å². The molecule has 0 spiro atoms. The Balaban J connectivity index is 1.47. The molecule has 0 radical (unpaired) electrons. The highest BCUT2D eigenvalue weighted by atomic mass is 16.4. The predicted molar refractivity (Wildman–Crippen MR) is 108 cm³/mol. The lowest BCUT2D eigenvalue weighted by Crippen LogP contribution is -2.25. The summed E-state index contributed by atoms with van der Waals surface area (Å²) in [6.45, 7) is 2.90. The molecule has 1 aromatic carbocycles. The lowest BCUT2D eigenvalue weighted by Gasteiger charge is -2.08. The number of benzene rings is 1. The van der Waals surface area contributed by atoms with Crippen LogP contribution in [0.2, 0.25) is 0 Å². The van der Waals surface area contributed by atoms with Gasteiger partial charge in [-0.3, -0.25) is 14.0 Å². The highest BCUT2D eigenvalue weighted by Crippen LogP contribution is 2.07. The Kier molecular flexibility index (Phi) is 6.68. The highest BCUT2D eigenvalue weighted by molar-refractivity contribution is 5.91. The first-order chi connectivity index (χ1) is 14.4. The molecule has 0 aliphatic rings. The minimum atomic E-state index is -1.12. The zero-order chi connectivity index (χ0) is 21.5. The second-order valence-corrected chi connectivity index (χ2v) is 6.88. The van der Waals surface area contributed by atoms with Gasteiger partial charge < -0.3 is 10.4 Å². The van der Waals surface area contributed by atoms with Crippen molar-refractivity contribution in [2.24, 2.45) is 0 Å². The molecule has 0 saturated carbocycles. The molecular weight excluding hydrogens is 388 g/mol. The topological polar surface area (TPSA) is 132 Å². The molecule has 0 unspecified atom stereocenters. The van der Waals surface area contributed by atoms with E-state index in [1.807, 2.05) is 31.2 Å². The largest absolute Gasteiger partial charge is 0.476 e. The van der Waals surface area contributed by atoms with Gasteiger partial charge in [0.25, 0.3) is 0 Å². The number of amides is 1. The normalized spacial score (nSPS) is 10.7. The van der Waals surface area contributed by atoms with Crippen molar-refractivity contribution in [3.63, 3.8) is 0 Å². The van der Waals surface area contributed by atoms with Gasteiger partial charge in [0.1, 0.15) is 5.82 Å². The number of rotatable bonds is 9. The number of aromatic nitrogens is 5. The molecule has 0 fully saturated rings. The van der Waals surface area contributed by atoms with Crippen LogP contribution < -0.4 is 11.0 Å². The first-order valence-corrected chi connectivity index (χ1v) is 9.47. The number of nitrogens with one attached hydrogen (secondary N) is 1. The van der Waals surface area contributed by atoms with Crippen LogP contribution in [0.4, 0.5) is 5.82 Å². The smallest absolute Gasteiger partial charge is 0.358 e. The van der Waals surface area contributed by atoms with Crippen molar-refractivity contribution in [1.82, 2.24) is 24.5 Å². The zero-order valence-electron chi connectivity index (χ0n) is 16.5. The lowest BCUT2D eigenvalue weighted by molar-refractivity contribution is -0.115. The molecular formula is C20H22N6O4. The van der Waals surface area contributed by atoms with Gasteiger partial charge in [-0.05, 0) is 31.4 Å². The fraction of sp³-hybridized carbons (Fsp3) is 0.300. The second-order valence-electron chi connectivity index (χ2n) is 6.88. The highest BCUT2D eigenvalue weighted by Gasteiger charge is 2.09. The molecule has 0 atom stereocenters. The Hall–Kier alpha value is -3.82. The van der Waals surface area contributed by atoms with Crippen molar-refractivity contribution in [2.75, 3.05) is 5.32 Å². The lowest BCUT2D eigenvalue weighted by atomic mass is 10.1. The van der Waals surface area contributed by atoms with E-state index in [1.165, 1.54) is 15.4 Å². The van der Waals surface area contributed by atoms with E-state index in [0.29, 0.717) is 25.9 Å². The van der Waals surface area contributed by atoms with E-state index >= 15 is 0 Å². The van der Waals surface area contributed by atoms with Crippen LogP contribution in [0.5, 0.6) is 0 Å². The van der Waals surface area contributed by atoms with Crippen LogP contribution in [0.1, 0.15) is 34.5 Å². The van der Waals surface area contributed by atoms with E-state index in [2.05, 4.69) is 20.6 Å². The molecule has 2 N–H and O–H groups in total. The van der Waals surface area contributed by atoms with Crippen molar-refractivity contribution in [3.8, 4) is 0 Å². The van der Waals surface area contributed by atoms with Crippen LogP contribution in [0, 0.1) is 6.92 Å². The molecule has 2 heterocycles. The Morgan fingerprint density at radius 2 is 1.97 bits per heavy atom. The molecule has 0 aliphatic carbocycles. The fourth-order valence-electron chi connectivity index (χ4n) is 2.92. The molecule has 0 saturated heterocycles. The van der Waals surface area contributed by atoms with Gasteiger partial charge in [0.05, 0.1) is 12.6 Å².